The van der Waals surface area contributed by atoms with Crippen molar-refractivity contribution in [2.45, 2.75) is 6.18 Å². The highest BCUT2D eigenvalue weighted by Crippen LogP contribution is 2.29. The van der Waals surface area contributed by atoms with E-state index in [-0.39, 0.29) is 5.82 Å². The van der Waals surface area contributed by atoms with Gasteiger partial charge in [0.15, 0.2) is 12.1 Å². The molecule has 0 saturated carbocycles. The van der Waals surface area contributed by atoms with Gasteiger partial charge in [-0.25, -0.2) is 9.67 Å². The van der Waals surface area contributed by atoms with Gasteiger partial charge in [-0.1, -0.05) is 36.9 Å². The van der Waals surface area contributed by atoms with Crippen molar-refractivity contribution in [3.63, 3.8) is 0 Å². The number of alkyl halides is 3. The van der Waals surface area contributed by atoms with E-state index in [0.29, 0.717) is 23.1 Å². The van der Waals surface area contributed by atoms with Crippen LogP contribution in [0.2, 0.25) is 0 Å². The van der Waals surface area contributed by atoms with Gasteiger partial charge in [-0.15, -0.1) is 0 Å². The number of nitrogens with zero attached hydrogens (tertiary/aromatic N) is 3. The van der Waals surface area contributed by atoms with E-state index in [9.17, 15) is 18.0 Å². The number of pyridine rings is 1. The van der Waals surface area contributed by atoms with Crippen LogP contribution in [0.25, 0.3) is 23.2 Å². The van der Waals surface area contributed by atoms with Gasteiger partial charge in [-0.3, -0.25) is 4.79 Å². The van der Waals surface area contributed by atoms with Crippen LogP contribution in [-0.2, 0) is 6.18 Å². The normalized spacial score (nSPS) is 11.3. The van der Waals surface area contributed by atoms with E-state index < -0.39 is 11.7 Å². The highest BCUT2D eigenvalue weighted by atomic mass is 19.4. The molecule has 4 nitrogen and oxygen atoms in total. The molecule has 0 N–H and O–H groups in total. The summed E-state index contributed by atoms with van der Waals surface area (Å²) in [5, 5.41) is 4.32. The molecule has 0 aliphatic heterocycles. The Bertz CT molecular complexity index is 927. The van der Waals surface area contributed by atoms with Crippen molar-refractivity contribution in [2.24, 2.45) is 0 Å². The summed E-state index contributed by atoms with van der Waals surface area (Å²) in [5.74, 6) is 0.179. The van der Waals surface area contributed by atoms with Gasteiger partial charge in [0.05, 0.1) is 11.1 Å². The predicted molar refractivity (Wildman–Crippen MR) is 87.3 cm³/mol. The molecule has 0 radical (unpaired) electrons. The topological polar surface area (TPSA) is 47.8 Å². The maximum Gasteiger partial charge on any atom is 0.417 e. The number of carbonyl (C=O) groups excluding carboxylic acids is 1. The number of aldehydes is 1. The van der Waals surface area contributed by atoms with E-state index in [0.717, 1.165) is 17.8 Å². The fourth-order valence-electron chi connectivity index (χ4n) is 2.38. The van der Waals surface area contributed by atoms with E-state index in [1.165, 1.54) is 16.9 Å². The van der Waals surface area contributed by atoms with Gasteiger partial charge in [0, 0.05) is 18.0 Å². The summed E-state index contributed by atoms with van der Waals surface area (Å²) in [6.07, 6.45) is -0.0213. The molecule has 2 aromatic heterocycles. The summed E-state index contributed by atoms with van der Waals surface area (Å²) in [6.45, 7) is 3.73. The second-order valence-electron chi connectivity index (χ2n) is 5.19. The average Bonchev–Trinajstić information content (AvgIpc) is 3.05. The van der Waals surface area contributed by atoms with Gasteiger partial charge in [-0.05, 0) is 17.7 Å². The number of hydrogen-bond donors (Lipinski definition) is 0. The Morgan fingerprint density at radius 2 is 1.84 bits per heavy atom. The van der Waals surface area contributed by atoms with E-state index in [1.807, 2.05) is 12.1 Å². The molecule has 7 heteroatoms. The van der Waals surface area contributed by atoms with E-state index >= 15 is 0 Å². The predicted octanol–water partition coefficient (Wildman–Crippen LogP) is 4.41. The summed E-state index contributed by atoms with van der Waals surface area (Å²) >= 11 is 0. The summed E-state index contributed by atoms with van der Waals surface area (Å²) in [7, 11) is 0. The molecule has 126 valence electrons. The first-order valence-electron chi connectivity index (χ1n) is 7.24. The second kappa shape index (κ2) is 6.35. The minimum Gasteiger partial charge on any atom is -0.298 e. The third-order valence-corrected chi connectivity index (χ3v) is 3.62. The smallest absolute Gasteiger partial charge is 0.298 e. The van der Waals surface area contributed by atoms with Gasteiger partial charge in [-0.2, -0.15) is 18.3 Å². The first kappa shape index (κ1) is 16.6. The monoisotopic (exact) mass is 343 g/mol. The van der Waals surface area contributed by atoms with Crippen LogP contribution in [0.5, 0.6) is 0 Å². The molecule has 0 saturated heterocycles. The van der Waals surface area contributed by atoms with E-state index in [2.05, 4.69) is 16.7 Å². The molecular formula is C18H12F3N3O. The Morgan fingerprint density at radius 3 is 2.44 bits per heavy atom. The zero-order chi connectivity index (χ0) is 18.0. The lowest BCUT2D eigenvalue weighted by Gasteiger charge is -2.07. The quantitative estimate of drug-likeness (QED) is 0.659. The first-order chi connectivity index (χ1) is 11.9. The third-order valence-electron chi connectivity index (χ3n) is 3.62. The van der Waals surface area contributed by atoms with Crippen molar-refractivity contribution in [1.82, 2.24) is 14.8 Å². The fraction of sp³-hybridized carbons (Fsp3) is 0.0556. The molecule has 0 amide bonds. The van der Waals surface area contributed by atoms with Crippen LogP contribution in [0.4, 0.5) is 13.2 Å². The fourth-order valence-corrected chi connectivity index (χ4v) is 2.38. The SMILES string of the molecule is C=Cc1ccccc1-c1nn(-c2ccc(C(F)(F)F)cn2)cc1C=O. The maximum absolute atomic E-state index is 12.6. The molecule has 0 aliphatic rings. The van der Waals surface area contributed by atoms with Crippen LogP contribution in [0.1, 0.15) is 21.5 Å². The van der Waals surface area contributed by atoms with Crippen molar-refractivity contribution < 1.29 is 18.0 Å². The number of benzene rings is 1. The third kappa shape index (κ3) is 3.21. The van der Waals surface area contributed by atoms with Crippen molar-refractivity contribution in [3.8, 4) is 17.1 Å². The van der Waals surface area contributed by atoms with Crippen LogP contribution in [-0.4, -0.2) is 21.1 Å². The average molecular weight is 343 g/mol. The molecule has 0 aliphatic carbocycles. The highest BCUT2D eigenvalue weighted by Gasteiger charge is 2.30. The van der Waals surface area contributed by atoms with Gasteiger partial charge < -0.3 is 0 Å². The van der Waals surface area contributed by atoms with Crippen LogP contribution >= 0.6 is 0 Å². The molecule has 3 rings (SSSR count). The molecule has 0 unspecified atom stereocenters. The molecule has 0 spiro atoms. The van der Waals surface area contributed by atoms with Crippen molar-refractivity contribution in [2.75, 3.05) is 0 Å². The maximum atomic E-state index is 12.6. The lowest BCUT2D eigenvalue weighted by atomic mass is 10.0. The Morgan fingerprint density at radius 1 is 1.08 bits per heavy atom. The van der Waals surface area contributed by atoms with Crippen LogP contribution < -0.4 is 0 Å². The number of hydrogen-bond acceptors (Lipinski definition) is 3. The zero-order valence-corrected chi connectivity index (χ0v) is 12.9. The highest BCUT2D eigenvalue weighted by molar-refractivity contribution is 5.88. The lowest BCUT2D eigenvalue weighted by molar-refractivity contribution is -0.137. The largest absolute Gasteiger partial charge is 0.417 e. The Labute approximate surface area is 141 Å². The molecular weight excluding hydrogens is 331 g/mol. The molecule has 1 aromatic carbocycles. The van der Waals surface area contributed by atoms with E-state index in [4.69, 9.17) is 0 Å². The lowest BCUT2D eigenvalue weighted by Crippen LogP contribution is -2.07. The summed E-state index contributed by atoms with van der Waals surface area (Å²) in [4.78, 5) is 15.2. The minimum absolute atomic E-state index is 0.179. The van der Waals surface area contributed by atoms with Crippen molar-refractivity contribution >= 4 is 12.4 Å². The molecule has 0 bridgehead atoms. The van der Waals surface area contributed by atoms with Gasteiger partial charge >= 0.3 is 6.18 Å². The molecule has 25 heavy (non-hydrogen) atoms. The van der Waals surface area contributed by atoms with E-state index in [1.54, 1.807) is 18.2 Å². The van der Waals surface area contributed by atoms with Crippen LogP contribution in [0, 0.1) is 0 Å². The van der Waals surface area contributed by atoms with Crippen LogP contribution in [0.3, 0.4) is 0 Å². The first-order valence-corrected chi connectivity index (χ1v) is 7.24. The Kier molecular flexibility index (Phi) is 4.22. The minimum atomic E-state index is -4.46. The number of rotatable bonds is 4. The molecule has 3 aromatic rings. The van der Waals surface area contributed by atoms with Crippen molar-refractivity contribution in [3.05, 3.63) is 72.1 Å². The van der Waals surface area contributed by atoms with Gasteiger partial charge in [0.1, 0.15) is 5.69 Å². The van der Waals surface area contributed by atoms with Crippen molar-refractivity contribution in [1.29, 1.82) is 0 Å². The zero-order valence-electron chi connectivity index (χ0n) is 12.9. The summed E-state index contributed by atoms with van der Waals surface area (Å²) in [5.41, 5.74) is 1.35. The second-order valence-corrected chi connectivity index (χ2v) is 5.19. The molecule has 2 heterocycles. The number of aromatic nitrogens is 3. The molecule has 0 atom stereocenters. The number of carbonyl (C=O) groups is 1. The van der Waals surface area contributed by atoms with Crippen LogP contribution in [0.15, 0.2) is 55.4 Å². The van der Waals surface area contributed by atoms with Gasteiger partial charge in [0.2, 0.25) is 0 Å². The van der Waals surface area contributed by atoms with Gasteiger partial charge in [0.25, 0.3) is 0 Å². The summed E-state index contributed by atoms with van der Waals surface area (Å²) < 4.78 is 39.2. The Hall–Kier alpha value is -3.22. The standard InChI is InChI=1S/C18H12F3N3O/c1-2-12-5-3-4-6-15(12)17-13(11-25)10-24(23-17)16-8-7-14(9-22-16)18(19,20)21/h2-11H,1H2. The number of halogens is 3. The molecule has 0 fully saturated rings. The Balaban J connectivity index is 2.07. The summed E-state index contributed by atoms with van der Waals surface area (Å²) in [6, 6.07) is 9.36.